The van der Waals surface area contributed by atoms with Gasteiger partial charge in [-0.25, -0.2) is 22.4 Å². The number of amides is 1. The summed E-state index contributed by atoms with van der Waals surface area (Å²) in [4.78, 5) is 16.0. The number of ether oxygens (including phenoxy) is 1. The topological polar surface area (TPSA) is 116 Å². The average Bonchev–Trinajstić information content (AvgIpc) is 2.88. The van der Waals surface area contributed by atoms with Crippen LogP contribution in [0.25, 0.3) is 0 Å². The van der Waals surface area contributed by atoms with Crippen molar-refractivity contribution >= 4 is 40.1 Å². The highest BCUT2D eigenvalue weighted by molar-refractivity contribution is 7.80. The van der Waals surface area contributed by atoms with Crippen molar-refractivity contribution in [3.05, 3.63) is 82.1 Å². The summed E-state index contributed by atoms with van der Waals surface area (Å²) in [6.45, 7) is -0.350. The molecule has 2 atom stereocenters. The molecule has 0 aliphatic heterocycles. The maximum absolute atomic E-state index is 15.4. The Kier molecular flexibility index (Phi) is 9.46. The van der Waals surface area contributed by atoms with Gasteiger partial charge in [0.2, 0.25) is 0 Å². The second-order valence-electron chi connectivity index (χ2n) is 7.61. The molecule has 3 aromatic rings. The molecule has 0 bridgehead atoms. The zero-order valence-electron chi connectivity index (χ0n) is 19.3. The molecule has 0 fully saturated rings. The van der Waals surface area contributed by atoms with Gasteiger partial charge in [-0.2, -0.15) is 5.26 Å². The zero-order chi connectivity index (χ0) is 27.1. The number of hydrogen-bond donors (Lipinski definition) is 2. The van der Waals surface area contributed by atoms with E-state index in [1.54, 1.807) is 24.3 Å². The molecule has 194 valence electrons. The summed E-state index contributed by atoms with van der Waals surface area (Å²) in [5.41, 5.74) is -1.58. The fourth-order valence-electron chi connectivity index (χ4n) is 3.39. The first-order valence-corrected chi connectivity index (χ1v) is 12.1. The van der Waals surface area contributed by atoms with Crippen molar-refractivity contribution in [1.82, 2.24) is 4.98 Å². The van der Waals surface area contributed by atoms with Gasteiger partial charge in [0.15, 0.2) is 17.3 Å². The summed E-state index contributed by atoms with van der Waals surface area (Å²) < 4.78 is 71.8. The molecule has 0 aliphatic carbocycles. The van der Waals surface area contributed by atoms with Gasteiger partial charge in [0, 0.05) is 19.2 Å². The van der Waals surface area contributed by atoms with Crippen LogP contribution in [0, 0.1) is 23.0 Å². The lowest BCUT2D eigenvalue weighted by Gasteiger charge is -2.23. The number of nitrogens with zero attached hydrogens (tertiary/aromatic N) is 3. The second kappa shape index (κ2) is 12.5. The molecule has 0 saturated heterocycles. The number of rotatable bonds is 10. The maximum atomic E-state index is 15.4. The highest BCUT2D eigenvalue weighted by atomic mass is 35.5. The molecule has 0 spiro atoms. The number of pyridine rings is 1. The third-order valence-corrected chi connectivity index (χ3v) is 6.34. The Balaban J connectivity index is 1.78. The molecule has 2 N–H and O–H groups in total. The summed E-state index contributed by atoms with van der Waals surface area (Å²) >= 11 is 3.26. The molecule has 2 unspecified atom stereocenters. The van der Waals surface area contributed by atoms with Gasteiger partial charge in [-0.15, -0.1) is 0 Å². The van der Waals surface area contributed by atoms with E-state index in [0.717, 1.165) is 24.4 Å². The number of alkyl halides is 1. The van der Waals surface area contributed by atoms with Gasteiger partial charge in [0.25, 0.3) is 17.2 Å². The fourth-order valence-corrected chi connectivity index (χ4v) is 4.15. The van der Waals surface area contributed by atoms with E-state index in [9.17, 15) is 22.3 Å². The molecule has 8 nitrogen and oxygen atoms in total. The largest absolute Gasteiger partial charge is 0.497 e. The number of carbonyl (C=O) groups is 1. The standard InChI is InChI=1S/C24H20ClF3N4O4S/c1-36-16-4-2-14(3-5-16)12-15(26)9-11-32(37(34)35)20-7-6-18(25)23(22(20)28)31-24(33)17-8-10-30-19(13-29)21(17)27/h2-8,10,15H,9,11-12H2,1H3,(H,31,33)(H,34,35). The van der Waals surface area contributed by atoms with Crippen LogP contribution in [0.2, 0.25) is 5.02 Å². The van der Waals surface area contributed by atoms with Crippen LogP contribution in [0.1, 0.15) is 28.0 Å². The average molecular weight is 553 g/mol. The number of hydrogen-bond acceptors (Lipinski definition) is 5. The Bertz CT molecular complexity index is 1360. The lowest BCUT2D eigenvalue weighted by molar-refractivity contribution is 0.102. The van der Waals surface area contributed by atoms with E-state index in [4.69, 9.17) is 21.6 Å². The normalized spacial score (nSPS) is 12.4. The van der Waals surface area contributed by atoms with E-state index in [1.807, 2.05) is 0 Å². The number of benzene rings is 2. The SMILES string of the molecule is COc1ccc(CC(F)CCN(c2ccc(Cl)c(NC(=O)c3ccnc(C#N)c3F)c2F)S(=O)O)cc1. The Morgan fingerprint density at radius 1 is 1.24 bits per heavy atom. The number of aromatic nitrogens is 1. The molecule has 1 aromatic heterocycles. The van der Waals surface area contributed by atoms with Crippen LogP contribution in [0.4, 0.5) is 24.5 Å². The van der Waals surface area contributed by atoms with Crippen LogP contribution in [-0.2, 0) is 17.7 Å². The van der Waals surface area contributed by atoms with E-state index in [1.165, 1.54) is 13.2 Å². The summed E-state index contributed by atoms with van der Waals surface area (Å²) in [5, 5.41) is 10.7. The number of methoxy groups -OCH3 is 1. The summed E-state index contributed by atoms with van der Waals surface area (Å²) in [7, 11) is 1.51. The molecule has 1 amide bonds. The smallest absolute Gasteiger partial charge is 0.261 e. The van der Waals surface area contributed by atoms with Crippen LogP contribution >= 0.6 is 11.6 Å². The highest BCUT2D eigenvalue weighted by Crippen LogP contribution is 2.34. The minimum absolute atomic E-state index is 0.0164. The van der Waals surface area contributed by atoms with E-state index < -0.39 is 57.6 Å². The van der Waals surface area contributed by atoms with E-state index in [0.29, 0.717) is 15.6 Å². The monoisotopic (exact) mass is 552 g/mol. The van der Waals surface area contributed by atoms with Crippen molar-refractivity contribution in [3.63, 3.8) is 0 Å². The Morgan fingerprint density at radius 3 is 2.57 bits per heavy atom. The molecule has 2 aromatic carbocycles. The van der Waals surface area contributed by atoms with Gasteiger partial charge < -0.3 is 10.1 Å². The quantitative estimate of drug-likeness (QED) is 0.340. The first kappa shape index (κ1) is 27.9. The molecular weight excluding hydrogens is 533 g/mol. The first-order valence-electron chi connectivity index (χ1n) is 10.7. The number of carbonyl (C=O) groups excluding carboxylic acids is 1. The van der Waals surface area contributed by atoms with Gasteiger partial charge >= 0.3 is 0 Å². The third-order valence-electron chi connectivity index (χ3n) is 5.27. The van der Waals surface area contributed by atoms with Crippen molar-refractivity contribution < 1.29 is 31.5 Å². The van der Waals surface area contributed by atoms with Crippen LogP contribution in [0.3, 0.4) is 0 Å². The number of anilines is 2. The summed E-state index contributed by atoms with van der Waals surface area (Å²) in [5.74, 6) is -2.92. The molecule has 13 heteroatoms. The first-order chi connectivity index (χ1) is 17.7. The maximum Gasteiger partial charge on any atom is 0.261 e. The minimum Gasteiger partial charge on any atom is -0.497 e. The van der Waals surface area contributed by atoms with Crippen molar-refractivity contribution in [2.45, 2.75) is 19.0 Å². The molecule has 0 aliphatic rings. The van der Waals surface area contributed by atoms with Crippen molar-refractivity contribution in [1.29, 1.82) is 5.26 Å². The Hall–Kier alpha value is -3.66. The third kappa shape index (κ3) is 6.76. The van der Waals surface area contributed by atoms with Gasteiger partial charge in [-0.05, 0) is 42.3 Å². The highest BCUT2D eigenvalue weighted by Gasteiger charge is 2.25. The summed E-state index contributed by atoms with van der Waals surface area (Å²) in [6.07, 6.45) is -0.594. The van der Waals surface area contributed by atoms with Crippen molar-refractivity contribution in [2.75, 3.05) is 23.3 Å². The molecule has 37 heavy (non-hydrogen) atoms. The zero-order valence-corrected chi connectivity index (χ0v) is 20.8. The molecule has 1 heterocycles. The number of halogens is 4. The van der Waals surface area contributed by atoms with Crippen molar-refractivity contribution in [3.8, 4) is 11.8 Å². The molecular formula is C24H20ClF3N4O4S. The lowest BCUT2D eigenvalue weighted by Crippen LogP contribution is -2.30. The van der Waals surface area contributed by atoms with Gasteiger partial charge in [-0.1, -0.05) is 23.7 Å². The van der Waals surface area contributed by atoms with Crippen LogP contribution < -0.4 is 14.4 Å². The predicted octanol–water partition coefficient (Wildman–Crippen LogP) is 5.06. The molecule has 3 rings (SSSR count). The van der Waals surface area contributed by atoms with Gasteiger partial charge in [0.1, 0.15) is 18.0 Å². The molecule has 0 saturated carbocycles. The number of nitriles is 1. The van der Waals surface area contributed by atoms with E-state index >= 15 is 4.39 Å². The minimum atomic E-state index is -2.75. The second-order valence-corrected chi connectivity index (χ2v) is 8.92. The van der Waals surface area contributed by atoms with Gasteiger partial charge in [0.05, 0.1) is 29.1 Å². The van der Waals surface area contributed by atoms with E-state index in [2.05, 4.69) is 10.3 Å². The van der Waals surface area contributed by atoms with E-state index in [-0.39, 0.29) is 24.4 Å². The Morgan fingerprint density at radius 2 is 1.95 bits per heavy atom. The fraction of sp³-hybridized carbons (Fsp3) is 0.208. The van der Waals surface area contributed by atoms with Gasteiger partial charge in [-0.3, -0.25) is 13.7 Å². The Labute approximate surface area is 218 Å². The number of nitrogens with one attached hydrogen (secondary N) is 1. The lowest BCUT2D eigenvalue weighted by atomic mass is 10.1. The predicted molar refractivity (Wildman–Crippen MR) is 133 cm³/mol. The van der Waals surface area contributed by atoms with Crippen LogP contribution in [-0.4, -0.2) is 39.5 Å². The summed E-state index contributed by atoms with van der Waals surface area (Å²) in [6, 6.07) is 11.5. The molecule has 0 radical (unpaired) electrons. The van der Waals surface area contributed by atoms with Crippen LogP contribution in [0.15, 0.2) is 48.7 Å². The van der Waals surface area contributed by atoms with Crippen molar-refractivity contribution in [2.24, 2.45) is 0 Å². The van der Waals surface area contributed by atoms with Crippen LogP contribution in [0.5, 0.6) is 5.75 Å².